The number of aryl methyl sites for hydroxylation is 1. The van der Waals surface area contributed by atoms with Crippen LogP contribution in [0.15, 0.2) is 40.2 Å². The fraction of sp³-hybridized carbons (Fsp3) is 0.0714. The van der Waals surface area contributed by atoms with E-state index in [1.165, 1.54) is 24.5 Å². The first-order valence-corrected chi connectivity index (χ1v) is 6.73. The van der Waals surface area contributed by atoms with Gasteiger partial charge in [-0.3, -0.25) is 9.78 Å². The maximum absolute atomic E-state index is 11.8. The Kier molecular flexibility index (Phi) is 4.54. The first-order chi connectivity index (χ1) is 9.97. The molecular formula is C14H12BrN3O3. The average molecular weight is 350 g/mol. The van der Waals surface area contributed by atoms with Crippen LogP contribution in [0.1, 0.15) is 21.5 Å². The van der Waals surface area contributed by atoms with Crippen molar-refractivity contribution >= 4 is 28.1 Å². The molecule has 21 heavy (non-hydrogen) atoms. The summed E-state index contributed by atoms with van der Waals surface area (Å²) in [5.74, 6) is -0.572. The molecule has 0 radical (unpaired) electrons. The average Bonchev–Trinajstić information content (AvgIpc) is 2.41. The smallest absolute Gasteiger partial charge is 0.272 e. The Balaban J connectivity index is 2.11. The van der Waals surface area contributed by atoms with Gasteiger partial charge in [-0.1, -0.05) is 0 Å². The second kappa shape index (κ2) is 6.36. The highest BCUT2D eigenvalue weighted by Crippen LogP contribution is 2.24. The molecule has 3 N–H and O–H groups in total. The van der Waals surface area contributed by atoms with Gasteiger partial charge in [-0.25, -0.2) is 5.43 Å². The summed E-state index contributed by atoms with van der Waals surface area (Å²) in [4.78, 5) is 15.7. The van der Waals surface area contributed by atoms with Crippen LogP contribution < -0.4 is 5.43 Å². The number of hydrogen-bond acceptors (Lipinski definition) is 5. The van der Waals surface area contributed by atoms with E-state index in [2.05, 4.69) is 31.4 Å². The van der Waals surface area contributed by atoms with E-state index < -0.39 is 5.91 Å². The summed E-state index contributed by atoms with van der Waals surface area (Å²) >= 11 is 3.22. The van der Waals surface area contributed by atoms with Gasteiger partial charge in [-0.15, -0.1) is 0 Å². The van der Waals surface area contributed by atoms with Crippen molar-refractivity contribution in [3.63, 3.8) is 0 Å². The number of nitrogens with one attached hydrogen (secondary N) is 1. The highest BCUT2D eigenvalue weighted by atomic mass is 79.9. The Bertz CT molecular complexity index is 693. The van der Waals surface area contributed by atoms with Crippen molar-refractivity contribution in [1.29, 1.82) is 0 Å². The Morgan fingerprint density at radius 3 is 2.76 bits per heavy atom. The number of halogens is 1. The zero-order valence-corrected chi connectivity index (χ0v) is 12.6. The monoisotopic (exact) mass is 349 g/mol. The molecule has 6 nitrogen and oxygen atoms in total. The maximum Gasteiger partial charge on any atom is 0.272 e. The second-order valence-electron chi connectivity index (χ2n) is 4.29. The molecule has 1 heterocycles. The van der Waals surface area contributed by atoms with Crippen molar-refractivity contribution in [2.75, 3.05) is 0 Å². The summed E-state index contributed by atoms with van der Waals surface area (Å²) < 4.78 is 0.686. The van der Waals surface area contributed by atoms with E-state index >= 15 is 0 Å². The number of pyridine rings is 1. The summed E-state index contributed by atoms with van der Waals surface area (Å²) in [6.45, 7) is 1.71. The van der Waals surface area contributed by atoms with Crippen molar-refractivity contribution < 1.29 is 15.0 Å². The molecular weight excluding hydrogens is 338 g/mol. The first-order valence-electron chi connectivity index (χ1n) is 5.94. The summed E-state index contributed by atoms with van der Waals surface area (Å²) in [7, 11) is 0. The Hall–Kier alpha value is -2.41. The quantitative estimate of drug-likeness (QED) is 0.585. The molecule has 108 valence electrons. The molecule has 0 aliphatic heterocycles. The van der Waals surface area contributed by atoms with Crippen LogP contribution in [-0.4, -0.2) is 27.3 Å². The molecule has 0 spiro atoms. The normalized spacial score (nSPS) is 10.8. The standard InChI is InChI=1S/C14H12BrN3O3/c1-8-2-11(19)4-13(20)12(8)7-17-18-14(21)9-3-10(15)6-16-5-9/h2-7,19-20H,1H3,(H,18,21). The molecule has 7 heteroatoms. The summed E-state index contributed by atoms with van der Waals surface area (Å²) in [5, 5.41) is 22.8. The van der Waals surface area contributed by atoms with Crippen LogP contribution >= 0.6 is 15.9 Å². The number of benzene rings is 1. The number of aromatic nitrogens is 1. The number of aromatic hydroxyl groups is 2. The van der Waals surface area contributed by atoms with Gasteiger partial charge in [-0.05, 0) is 40.5 Å². The highest BCUT2D eigenvalue weighted by Gasteiger charge is 2.07. The van der Waals surface area contributed by atoms with Gasteiger partial charge in [0.2, 0.25) is 0 Å². The predicted octanol–water partition coefficient (Wildman–Crippen LogP) is 2.33. The van der Waals surface area contributed by atoms with Crippen LogP contribution in [0, 0.1) is 6.92 Å². The number of phenolic OH excluding ortho intramolecular Hbond substituents is 2. The molecule has 0 saturated carbocycles. The van der Waals surface area contributed by atoms with Crippen molar-refractivity contribution in [3.8, 4) is 11.5 Å². The number of amides is 1. The Morgan fingerprint density at radius 1 is 1.33 bits per heavy atom. The lowest BCUT2D eigenvalue weighted by atomic mass is 10.1. The lowest BCUT2D eigenvalue weighted by Crippen LogP contribution is -2.17. The van der Waals surface area contributed by atoms with E-state index in [4.69, 9.17) is 0 Å². The minimum Gasteiger partial charge on any atom is -0.508 e. The lowest BCUT2D eigenvalue weighted by Gasteiger charge is -2.04. The minimum atomic E-state index is -0.420. The number of hydrazone groups is 1. The first kappa shape index (κ1) is 15.0. The Morgan fingerprint density at radius 2 is 2.10 bits per heavy atom. The molecule has 2 aromatic rings. The lowest BCUT2D eigenvalue weighted by molar-refractivity contribution is 0.0954. The second-order valence-corrected chi connectivity index (χ2v) is 5.20. The van der Waals surface area contributed by atoms with Crippen LogP contribution in [0.4, 0.5) is 0 Å². The van der Waals surface area contributed by atoms with Gasteiger partial charge in [0, 0.05) is 28.5 Å². The number of carbonyl (C=O) groups is 1. The van der Waals surface area contributed by atoms with Gasteiger partial charge in [0.25, 0.3) is 5.91 Å². The molecule has 0 bridgehead atoms. The van der Waals surface area contributed by atoms with Crippen LogP contribution in [-0.2, 0) is 0 Å². The van der Waals surface area contributed by atoms with Crippen LogP contribution in [0.2, 0.25) is 0 Å². The largest absolute Gasteiger partial charge is 0.508 e. The molecule has 0 atom stereocenters. The van der Waals surface area contributed by atoms with Gasteiger partial charge < -0.3 is 10.2 Å². The summed E-state index contributed by atoms with van der Waals surface area (Å²) in [6.07, 6.45) is 4.30. The van der Waals surface area contributed by atoms with E-state index in [1.54, 1.807) is 19.2 Å². The van der Waals surface area contributed by atoms with Crippen LogP contribution in [0.25, 0.3) is 0 Å². The Labute approximate surface area is 129 Å². The van der Waals surface area contributed by atoms with Crippen LogP contribution in [0.5, 0.6) is 11.5 Å². The van der Waals surface area contributed by atoms with E-state index in [9.17, 15) is 15.0 Å². The predicted molar refractivity (Wildman–Crippen MR) is 81.5 cm³/mol. The van der Waals surface area contributed by atoms with E-state index in [1.807, 2.05) is 0 Å². The van der Waals surface area contributed by atoms with Crippen molar-refractivity contribution in [2.45, 2.75) is 6.92 Å². The maximum atomic E-state index is 11.8. The zero-order valence-electron chi connectivity index (χ0n) is 11.0. The van der Waals surface area contributed by atoms with Crippen LogP contribution in [0.3, 0.4) is 0 Å². The van der Waals surface area contributed by atoms with Gasteiger partial charge in [0.15, 0.2) is 0 Å². The van der Waals surface area contributed by atoms with Crippen molar-refractivity contribution in [1.82, 2.24) is 10.4 Å². The van der Waals surface area contributed by atoms with Gasteiger partial charge >= 0.3 is 0 Å². The third-order valence-corrected chi connectivity index (χ3v) is 3.11. The third-order valence-electron chi connectivity index (χ3n) is 2.68. The zero-order chi connectivity index (χ0) is 15.4. The number of nitrogens with zero attached hydrogens (tertiary/aromatic N) is 2. The molecule has 0 fully saturated rings. The molecule has 0 saturated heterocycles. The molecule has 0 aliphatic rings. The topological polar surface area (TPSA) is 94.8 Å². The van der Waals surface area contributed by atoms with Crippen molar-refractivity contribution in [3.05, 3.63) is 51.8 Å². The molecule has 1 amide bonds. The number of phenols is 2. The molecule has 1 aromatic heterocycles. The molecule has 1 aromatic carbocycles. The molecule has 0 unspecified atom stereocenters. The summed E-state index contributed by atoms with van der Waals surface area (Å²) in [5.41, 5.74) is 3.75. The fourth-order valence-electron chi connectivity index (χ4n) is 1.69. The van der Waals surface area contributed by atoms with E-state index in [-0.39, 0.29) is 11.5 Å². The fourth-order valence-corrected chi connectivity index (χ4v) is 2.05. The van der Waals surface area contributed by atoms with E-state index in [0.29, 0.717) is 21.2 Å². The number of carbonyl (C=O) groups excluding carboxylic acids is 1. The third kappa shape index (κ3) is 3.79. The van der Waals surface area contributed by atoms with Gasteiger partial charge in [0.05, 0.1) is 11.8 Å². The molecule has 0 aliphatic carbocycles. The minimum absolute atomic E-state index is 0.0357. The SMILES string of the molecule is Cc1cc(O)cc(O)c1C=NNC(=O)c1cncc(Br)c1. The number of rotatable bonds is 3. The number of hydrogen-bond donors (Lipinski definition) is 3. The van der Waals surface area contributed by atoms with Gasteiger partial charge in [0.1, 0.15) is 11.5 Å². The molecule has 2 rings (SSSR count). The van der Waals surface area contributed by atoms with E-state index in [0.717, 1.165) is 0 Å². The highest BCUT2D eigenvalue weighted by molar-refractivity contribution is 9.10. The van der Waals surface area contributed by atoms with Crippen molar-refractivity contribution in [2.24, 2.45) is 5.10 Å². The van der Waals surface area contributed by atoms with Gasteiger partial charge in [-0.2, -0.15) is 5.10 Å². The summed E-state index contributed by atoms with van der Waals surface area (Å²) in [6, 6.07) is 4.30.